The Morgan fingerprint density at radius 1 is 0.720 bits per heavy atom. The van der Waals surface area contributed by atoms with Gasteiger partial charge in [0.05, 0.1) is 5.92 Å². The Morgan fingerprint density at radius 2 is 1.20 bits per heavy atom. The molecule has 0 amide bonds. The first-order chi connectivity index (χ1) is 12.2. The largest absolute Gasteiger partial charge is 0.300 e. The van der Waals surface area contributed by atoms with Gasteiger partial charge in [0, 0.05) is 19.3 Å². The van der Waals surface area contributed by atoms with Crippen LogP contribution in [0.25, 0.3) is 0 Å². The number of ketones is 2. The Hall–Kier alpha value is -2.22. The van der Waals surface area contributed by atoms with E-state index in [2.05, 4.69) is 0 Å². The first kappa shape index (κ1) is 19.1. The highest BCUT2D eigenvalue weighted by molar-refractivity contribution is 5.89. The molecular weight excluding hydrogens is 308 g/mol. The fourth-order valence-corrected chi connectivity index (χ4v) is 3.15. The van der Waals surface area contributed by atoms with E-state index in [4.69, 9.17) is 0 Å². The highest BCUT2D eigenvalue weighted by Crippen LogP contribution is 2.27. The number of unbranched alkanes of at least 4 members (excludes halogenated alkanes) is 3. The van der Waals surface area contributed by atoms with E-state index in [0.717, 1.165) is 36.8 Å². The lowest BCUT2D eigenvalue weighted by Gasteiger charge is -2.17. The average Bonchev–Trinajstić information content (AvgIpc) is 2.66. The Balaban J connectivity index is 1.90. The van der Waals surface area contributed by atoms with Crippen molar-refractivity contribution in [1.29, 1.82) is 0 Å². The van der Waals surface area contributed by atoms with Crippen molar-refractivity contribution < 1.29 is 9.59 Å². The van der Waals surface area contributed by atoms with E-state index >= 15 is 0 Å². The molecule has 2 heteroatoms. The first-order valence-electron chi connectivity index (χ1n) is 9.36. The van der Waals surface area contributed by atoms with E-state index in [-0.39, 0.29) is 11.7 Å². The quantitative estimate of drug-likeness (QED) is 0.493. The molecule has 0 saturated heterocycles. The standard InChI is InChI=1S/C23H28O2/c1-2-21(24)17-11-3-4-12-18-22(25)23(19-13-7-5-8-14-19)20-15-9-6-10-16-20/h5-10,13-16,23H,2-4,11-12,17-18H2,1H3. The maximum Gasteiger partial charge on any atom is 0.144 e. The van der Waals surface area contributed by atoms with Crippen molar-refractivity contribution in [3.63, 3.8) is 0 Å². The number of hydrogen-bond donors (Lipinski definition) is 0. The second-order valence-corrected chi connectivity index (χ2v) is 6.53. The summed E-state index contributed by atoms with van der Waals surface area (Å²) in [6, 6.07) is 20.1. The Kier molecular flexibility index (Phi) is 8.11. The van der Waals surface area contributed by atoms with Crippen LogP contribution in [0.3, 0.4) is 0 Å². The van der Waals surface area contributed by atoms with Gasteiger partial charge in [-0.2, -0.15) is 0 Å². The predicted molar refractivity (Wildman–Crippen MR) is 103 cm³/mol. The molecule has 0 unspecified atom stereocenters. The molecule has 2 aromatic carbocycles. The molecule has 0 aliphatic heterocycles. The van der Waals surface area contributed by atoms with Crippen molar-refractivity contribution in [2.45, 2.75) is 57.8 Å². The van der Waals surface area contributed by atoms with Gasteiger partial charge < -0.3 is 0 Å². The van der Waals surface area contributed by atoms with Crippen LogP contribution in [0.15, 0.2) is 60.7 Å². The van der Waals surface area contributed by atoms with Crippen LogP contribution < -0.4 is 0 Å². The van der Waals surface area contributed by atoms with Gasteiger partial charge in [0.2, 0.25) is 0 Å². The van der Waals surface area contributed by atoms with Crippen LogP contribution in [-0.4, -0.2) is 11.6 Å². The Bertz CT molecular complexity index is 607. The Labute approximate surface area is 151 Å². The number of carbonyl (C=O) groups is 2. The number of benzene rings is 2. The third-order valence-corrected chi connectivity index (χ3v) is 4.61. The zero-order valence-corrected chi connectivity index (χ0v) is 15.1. The highest BCUT2D eigenvalue weighted by Gasteiger charge is 2.21. The Morgan fingerprint density at radius 3 is 1.68 bits per heavy atom. The van der Waals surface area contributed by atoms with Gasteiger partial charge in [-0.15, -0.1) is 0 Å². The lowest BCUT2D eigenvalue weighted by atomic mass is 9.85. The summed E-state index contributed by atoms with van der Waals surface area (Å²) in [4.78, 5) is 24.2. The normalized spacial score (nSPS) is 10.8. The molecule has 0 atom stereocenters. The minimum atomic E-state index is -0.177. The van der Waals surface area contributed by atoms with E-state index in [9.17, 15) is 9.59 Å². The second kappa shape index (κ2) is 10.6. The third kappa shape index (κ3) is 6.30. The van der Waals surface area contributed by atoms with Gasteiger partial charge in [0.1, 0.15) is 11.6 Å². The summed E-state index contributed by atoms with van der Waals surface area (Å²) in [5.74, 6) is 0.440. The summed E-state index contributed by atoms with van der Waals surface area (Å²) in [5.41, 5.74) is 2.12. The maximum atomic E-state index is 12.9. The molecule has 0 aliphatic rings. The van der Waals surface area contributed by atoms with Crippen LogP contribution in [0.5, 0.6) is 0 Å². The first-order valence-corrected chi connectivity index (χ1v) is 9.36. The van der Waals surface area contributed by atoms with Crippen molar-refractivity contribution in [2.75, 3.05) is 0 Å². The topological polar surface area (TPSA) is 34.1 Å². The molecule has 0 aromatic heterocycles. The molecule has 0 heterocycles. The fraction of sp³-hybridized carbons (Fsp3) is 0.391. The third-order valence-electron chi connectivity index (χ3n) is 4.61. The van der Waals surface area contributed by atoms with Gasteiger partial charge >= 0.3 is 0 Å². The van der Waals surface area contributed by atoms with E-state index in [1.54, 1.807) is 0 Å². The monoisotopic (exact) mass is 336 g/mol. The molecule has 25 heavy (non-hydrogen) atoms. The molecule has 0 fully saturated rings. The molecule has 0 saturated carbocycles. The molecule has 0 bridgehead atoms. The summed E-state index contributed by atoms with van der Waals surface area (Å²) in [7, 11) is 0. The number of rotatable bonds is 11. The highest BCUT2D eigenvalue weighted by atomic mass is 16.1. The summed E-state index contributed by atoms with van der Waals surface area (Å²) in [5, 5.41) is 0. The SMILES string of the molecule is CCC(=O)CCCCCCC(=O)C(c1ccccc1)c1ccccc1. The predicted octanol–water partition coefficient (Wildman–Crippen LogP) is 5.71. The summed E-state index contributed by atoms with van der Waals surface area (Å²) < 4.78 is 0. The number of hydrogen-bond acceptors (Lipinski definition) is 2. The van der Waals surface area contributed by atoms with Gasteiger partial charge in [0.25, 0.3) is 0 Å². The van der Waals surface area contributed by atoms with Crippen molar-refractivity contribution in [1.82, 2.24) is 0 Å². The van der Waals surface area contributed by atoms with E-state index in [1.165, 1.54) is 0 Å². The number of Topliss-reactive ketones (excluding diaryl/α,β-unsaturated/α-hetero) is 2. The zero-order chi connectivity index (χ0) is 17.9. The van der Waals surface area contributed by atoms with Gasteiger partial charge in [-0.3, -0.25) is 9.59 Å². The van der Waals surface area contributed by atoms with Crippen molar-refractivity contribution in [2.24, 2.45) is 0 Å². The zero-order valence-electron chi connectivity index (χ0n) is 15.1. The van der Waals surface area contributed by atoms with Crippen molar-refractivity contribution >= 4 is 11.6 Å². The van der Waals surface area contributed by atoms with Crippen LogP contribution in [0, 0.1) is 0 Å². The van der Waals surface area contributed by atoms with Crippen molar-refractivity contribution in [3.8, 4) is 0 Å². The number of carbonyl (C=O) groups excluding carboxylic acids is 2. The molecule has 132 valence electrons. The van der Waals surface area contributed by atoms with E-state index < -0.39 is 0 Å². The summed E-state index contributed by atoms with van der Waals surface area (Å²) in [6.45, 7) is 1.91. The maximum absolute atomic E-state index is 12.9. The lowest BCUT2D eigenvalue weighted by Crippen LogP contribution is -2.14. The van der Waals surface area contributed by atoms with Gasteiger partial charge in [-0.1, -0.05) is 80.4 Å². The smallest absolute Gasteiger partial charge is 0.144 e. The van der Waals surface area contributed by atoms with Gasteiger partial charge in [0.15, 0.2) is 0 Å². The second-order valence-electron chi connectivity index (χ2n) is 6.53. The molecule has 0 N–H and O–H groups in total. The van der Waals surface area contributed by atoms with Crippen LogP contribution in [0.1, 0.15) is 68.9 Å². The summed E-state index contributed by atoms with van der Waals surface area (Å²) >= 11 is 0. The molecule has 0 aliphatic carbocycles. The van der Waals surface area contributed by atoms with Gasteiger partial charge in [-0.05, 0) is 24.0 Å². The molecule has 2 aromatic rings. The average molecular weight is 336 g/mol. The molecule has 0 radical (unpaired) electrons. The van der Waals surface area contributed by atoms with Crippen LogP contribution in [0.2, 0.25) is 0 Å². The molecule has 2 nitrogen and oxygen atoms in total. The lowest BCUT2D eigenvalue weighted by molar-refractivity contribution is -0.120. The molecule has 0 spiro atoms. The minimum Gasteiger partial charge on any atom is -0.300 e. The summed E-state index contributed by atoms with van der Waals surface area (Å²) in [6.07, 6.45) is 5.79. The van der Waals surface area contributed by atoms with E-state index in [0.29, 0.717) is 25.0 Å². The van der Waals surface area contributed by atoms with Crippen LogP contribution in [0.4, 0.5) is 0 Å². The minimum absolute atomic E-state index is 0.177. The van der Waals surface area contributed by atoms with Gasteiger partial charge in [-0.25, -0.2) is 0 Å². The molecule has 2 rings (SSSR count). The van der Waals surface area contributed by atoms with Crippen LogP contribution >= 0.6 is 0 Å². The molecular formula is C23H28O2. The van der Waals surface area contributed by atoms with Crippen LogP contribution in [-0.2, 0) is 9.59 Å². The fourth-order valence-electron chi connectivity index (χ4n) is 3.15. The van der Waals surface area contributed by atoms with Crippen molar-refractivity contribution in [3.05, 3.63) is 71.8 Å². The van der Waals surface area contributed by atoms with E-state index in [1.807, 2.05) is 67.6 Å².